The SMILES string of the molecule is COCC(=O)NC(C)c1ccc(F)cc1. The standard InChI is InChI=1S/C11H14FNO2/c1-8(13-11(14)7-15-2)9-3-5-10(12)6-4-9/h3-6,8H,7H2,1-2H3,(H,13,14). The van der Waals surface area contributed by atoms with E-state index in [1.807, 2.05) is 6.92 Å². The highest BCUT2D eigenvalue weighted by atomic mass is 19.1. The van der Waals surface area contributed by atoms with Gasteiger partial charge in [-0.05, 0) is 24.6 Å². The number of halogens is 1. The second-order valence-corrected chi connectivity index (χ2v) is 3.27. The van der Waals surface area contributed by atoms with Crippen molar-refractivity contribution in [3.05, 3.63) is 35.6 Å². The molecule has 3 nitrogen and oxygen atoms in total. The van der Waals surface area contributed by atoms with E-state index in [9.17, 15) is 9.18 Å². The van der Waals surface area contributed by atoms with Crippen molar-refractivity contribution in [3.8, 4) is 0 Å². The Morgan fingerprint density at radius 3 is 2.60 bits per heavy atom. The molecule has 0 radical (unpaired) electrons. The summed E-state index contributed by atoms with van der Waals surface area (Å²) in [6.07, 6.45) is 0. The molecule has 82 valence electrons. The maximum Gasteiger partial charge on any atom is 0.246 e. The van der Waals surface area contributed by atoms with Crippen molar-refractivity contribution in [1.82, 2.24) is 5.32 Å². The van der Waals surface area contributed by atoms with Crippen LogP contribution in [-0.2, 0) is 9.53 Å². The summed E-state index contributed by atoms with van der Waals surface area (Å²) < 4.78 is 17.3. The van der Waals surface area contributed by atoms with Gasteiger partial charge in [-0.2, -0.15) is 0 Å². The minimum absolute atomic E-state index is 0.0333. The van der Waals surface area contributed by atoms with Crippen LogP contribution in [0.2, 0.25) is 0 Å². The van der Waals surface area contributed by atoms with Gasteiger partial charge in [0.2, 0.25) is 5.91 Å². The Morgan fingerprint density at radius 1 is 1.47 bits per heavy atom. The first kappa shape index (κ1) is 11.7. The lowest BCUT2D eigenvalue weighted by molar-refractivity contribution is -0.125. The molecule has 15 heavy (non-hydrogen) atoms. The Hall–Kier alpha value is -1.42. The second-order valence-electron chi connectivity index (χ2n) is 3.27. The summed E-state index contributed by atoms with van der Waals surface area (Å²) in [5.74, 6) is -0.469. The van der Waals surface area contributed by atoms with E-state index >= 15 is 0 Å². The molecular weight excluding hydrogens is 197 g/mol. The van der Waals surface area contributed by atoms with Crippen molar-refractivity contribution in [3.63, 3.8) is 0 Å². The molecule has 1 atom stereocenters. The van der Waals surface area contributed by atoms with Crippen LogP contribution in [0.1, 0.15) is 18.5 Å². The number of methoxy groups -OCH3 is 1. The van der Waals surface area contributed by atoms with E-state index in [2.05, 4.69) is 10.1 Å². The molecule has 1 aromatic rings. The molecule has 1 rings (SSSR count). The number of benzene rings is 1. The maximum atomic E-state index is 12.6. The molecule has 0 fully saturated rings. The smallest absolute Gasteiger partial charge is 0.246 e. The lowest BCUT2D eigenvalue weighted by Gasteiger charge is -2.13. The molecule has 0 bridgehead atoms. The first-order valence-corrected chi connectivity index (χ1v) is 4.67. The van der Waals surface area contributed by atoms with Gasteiger partial charge in [-0.25, -0.2) is 4.39 Å². The van der Waals surface area contributed by atoms with Crippen molar-refractivity contribution >= 4 is 5.91 Å². The molecule has 0 spiro atoms. The molecule has 0 aromatic heterocycles. The van der Waals surface area contributed by atoms with E-state index in [4.69, 9.17) is 0 Å². The zero-order chi connectivity index (χ0) is 11.3. The fourth-order valence-corrected chi connectivity index (χ4v) is 1.25. The van der Waals surface area contributed by atoms with Gasteiger partial charge < -0.3 is 10.1 Å². The highest BCUT2D eigenvalue weighted by Crippen LogP contribution is 2.12. The van der Waals surface area contributed by atoms with E-state index in [1.54, 1.807) is 12.1 Å². The van der Waals surface area contributed by atoms with Gasteiger partial charge in [0.15, 0.2) is 0 Å². The highest BCUT2D eigenvalue weighted by molar-refractivity contribution is 5.77. The lowest BCUT2D eigenvalue weighted by Crippen LogP contribution is -2.29. The van der Waals surface area contributed by atoms with Gasteiger partial charge in [0, 0.05) is 7.11 Å². The van der Waals surface area contributed by atoms with Gasteiger partial charge in [-0.1, -0.05) is 12.1 Å². The topological polar surface area (TPSA) is 38.3 Å². The van der Waals surface area contributed by atoms with E-state index in [-0.39, 0.29) is 24.4 Å². The van der Waals surface area contributed by atoms with Crippen LogP contribution in [0.4, 0.5) is 4.39 Å². The first-order chi connectivity index (χ1) is 7.13. The Morgan fingerprint density at radius 2 is 2.07 bits per heavy atom. The summed E-state index contributed by atoms with van der Waals surface area (Å²) in [5, 5.41) is 2.73. The maximum absolute atomic E-state index is 12.6. The van der Waals surface area contributed by atoms with Crippen LogP contribution < -0.4 is 5.32 Å². The molecule has 0 saturated heterocycles. The quantitative estimate of drug-likeness (QED) is 0.822. The lowest BCUT2D eigenvalue weighted by atomic mass is 10.1. The van der Waals surface area contributed by atoms with Crippen molar-refractivity contribution in [1.29, 1.82) is 0 Å². The third-order valence-corrected chi connectivity index (χ3v) is 2.02. The van der Waals surface area contributed by atoms with E-state index in [1.165, 1.54) is 19.2 Å². The van der Waals surface area contributed by atoms with Gasteiger partial charge >= 0.3 is 0 Å². The largest absolute Gasteiger partial charge is 0.375 e. The molecule has 1 unspecified atom stereocenters. The van der Waals surface area contributed by atoms with Crippen LogP contribution in [0.3, 0.4) is 0 Å². The third-order valence-electron chi connectivity index (χ3n) is 2.02. The Labute approximate surface area is 88.2 Å². The van der Waals surface area contributed by atoms with E-state index in [0.717, 1.165) is 5.56 Å². The predicted octanol–water partition coefficient (Wildman–Crippen LogP) is 1.65. The Kier molecular flexibility index (Phi) is 4.24. The number of carbonyl (C=O) groups excluding carboxylic acids is 1. The monoisotopic (exact) mass is 211 g/mol. The van der Waals surface area contributed by atoms with Crippen LogP contribution in [0.15, 0.2) is 24.3 Å². The number of rotatable bonds is 4. The number of hydrogen-bond acceptors (Lipinski definition) is 2. The number of carbonyl (C=O) groups is 1. The molecule has 0 saturated carbocycles. The average molecular weight is 211 g/mol. The molecule has 1 N–H and O–H groups in total. The minimum Gasteiger partial charge on any atom is -0.375 e. The molecule has 0 aliphatic carbocycles. The Balaban J connectivity index is 2.57. The van der Waals surface area contributed by atoms with E-state index in [0.29, 0.717) is 0 Å². The predicted molar refractivity (Wildman–Crippen MR) is 54.8 cm³/mol. The van der Waals surface area contributed by atoms with Gasteiger partial charge in [-0.3, -0.25) is 4.79 Å². The van der Waals surface area contributed by atoms with Crippen LogP contribution in [0.25, 0.3) is 0 Å². The van der Waals surface area contributed by atoms with Gasteiger partial charge in [0.1, 0.15) is 12.4 Å². The summed E-state index contributed by atoms with van der Waals surface area (Å²) >= 11 is 0. The second kappa shape index (κ2) is 5.46. The fourth-order valence-electron chi connectivity index (χ4n) is 1.25. The normalized spacial score (nSPS) is 12.2. The number of amides is 1. The van der Waals surface area contributed by atoms with Crippen molar-refractivity contribution < 1.29 is 13.9 Å². The summed E-state index contributed by atoms with van der Waals surface area (Å²) in [6, 6.07) is 5.89. The van der Waals surface area contributed by atoms with Crippen molar-refractivity contribution in [2.75, 3.05) is 13.7 Å². The van der Waals surface area contributed by atoms with Gasteiger partial charge in [0.25, 0.3) is 0 Å². The van der Waals surface area contributed by atoms with Crippen LogP contribution >= 0.6 is 0 Å². The van der Waals surface area contributed by atoms with Crippen molar-refractivity contribution in [2.45, 2.75) is 13.0 Å². The minimum atomic E-state index is -0.283. The fraction of sp³-hybridized carbons (Fsp3) is 0.364. The van der Waals surface area contributed by atoms with Crippen LogP contribution in [0, 0.1) is 5.82 Å². The average Bonchev–Trinajstić information content (AvgIpc) is 2.18. The van der Waals surface area contributed by atoms with Crippen LogP contribution in [0.5, 0.6) is 0 Å². The highest BCUT2D eigenvalue weighted by Gasteiger charge is 2.08. The van der Waals surface area contributed by atoms with E-state index < -0.39 is 0 Å². The number of hydrogen-bond donors (Lipinski definition) is 1. The zero-order valence-electron chi connectivity index (χ0n) is 8.79. The molecule has 0 aliphatic rings. The molecular formula is C11H14FNO2. The summed E-state index contributed by atoms with van der Waals surface area (Å²) in [7, 11) is 1.46. The van der Waals surface area contributed by atoms with Gasteiger partial charge in [-0.15, -0.1) is 0 Å². The first-order valence-electron chi connectivity index (χ1n) is 4.67. The summed E-state index contributed by atoms with van der Waals surface area (Å²) in [5.41, 5.74) is 0.862. The molecule has 4 heteroatoms. The Bertz CT molecular complexity index is 324. The summed E-state index contributed by atoms with van der Waals surface area (Å²) in [6.45, 7) is 1.87. The summed E-state index contributed by atoms with van der Waals surface area (Å²) in [4.78, 5) is 11.2. The van der Waals surface area contributed by atoms with Crippen molar-refractivity contribution in [2.24, 2.45) is 0 Å². The molecule has 1 amide bonds. The molecule has 0 aliphatic heterocycles. The zero-order valence-corrected chi connectivity index (χ0v) is 8.79. The number of nitrogens with one attached hydrogen (secondary N) is 1. The van der Waals surface area contributed by atoms with Gasteiger partial charge in [0.05, 0.1) is 6.04 Å². The molecule has 1 aromatic carbocycles. The molecule has 0 heterocycles. The van der Waals surface area contributed by atoms with Crippen LogP contribution in [-0.4, -0.2) is 19.6 Å². The third kappa shape index (κ3) is 3.67. The number of ether oxygens (including phenoxy) is 1.